The molecule has 2 aromatic carbocycles. The van der Waals surface area contributed by atoms with Crippen LogP contribution in [0, 0.1) is 0 Å². The molecule has 0 bridgehead atoms. The molecular formula is C20H23ClN2O3. The summed E-state index contributed by atoms with van der Waals surface area (Å²) in [7, 11) is 0. The lowest BCUT2D eigenvalue weighted by molar-refractivity contribution is -0.129. The zero-order valence-electron chi connectivity index (χ0n) is 14.8. The van der Waals surface area contributed by atoms with Crippen LogP contribution in [0.3, 0.4) is 0 Å². The molecule has 26 heavy (non-hydrogen) atoms. The first kappa shape index (κ1) is 19.8. The van der Waals surface area contributed by atoms with E-state index < -0.39 is 0 Å². The Labute approximate surface area is 158 Å². The Bertz CT molecular complexity index is 722. The van der Waals surface area contributed by atoms with E-state index in [0.717, 1.165) is 5.56 Å². The molecule has 0 saturated heterocycles. The van der Waals surface area contributed by atoms with Crippen LogP contribution < -0.4 is 10.1 Å². The number of halogens is 1. The van der Waals surface area contributed by atoms with Crippen LogP contribution in [0.25, 0.3) is 0 Å². The summed E-state index contributed by atoms with van der Waals surface area (Å²) in [5.74, 6) is 0.406. The lowest BCUT2D eigenvalue weighted by atomic mass is 10.1. The molecular weight excluding hydrogens is 352 g/mol. The van der Waals surface area contributed by atoms with Crippen molar-refractivity contribution in [3.63, 3.8) is 0 Å². The third kappa shape index (κ3) is 7.15. The highest BCUT2D eigenvalue weighted by molar-refractivity contribution is 6.30. The molecule has 0 spiro atoms. The van der Waals surface area contributed by atoms with E-state index in [2.05, 4.69) is 5.32 Å². The largest absolute Gasteiger partial charge is 0.484 e. The predicted octanol–water partition coefficient (Wildman–Crippen LogP) is 2.93. The van der Waals surface area contributed by atoms with Crippen LogP contribution in [-0.2, 0) is 16.0 Å². The molecule has 0 radical (unpaired) electrons. The minimum atomic E-state index is -0.216. The van der Waals surface area contributed by atoms with Gasteiger partial charge in [-0.3, -0.25) is 9.59 Å². The molecule has 5 nitrogen and oxygen atoms in total. The van der Waals surface area contributed by atoms with Gasteiger partial charge in [0, 0.05) is 31.6 Å². The highest BCUT2D eigenvalue weighted by Crippen LogP contribution is 2.11. The number of hydrogen-bond donors (Lipinski definition) is 1. The lowest BCUT2D eigenvalue weighted by Gasteiger charge is -2.21. The van der Waals surface area contributed by atoms with Gasteiger partial charge in [0.15, 0.2) is 6.61 Å². The molecule has 138 valence electrons. The van der Waals surface area contributed by atoms with Gasteiger partial charge in [0.2, 0.25) is 5.91 Å². The van der Waals surface area contributed by atoms with Crippen molar-refractivity contribution in [1.29, 1.82) is 0 Å². The highest BCUT2D eigenvalue weighted by atomic mass is 35.5. The number of nitrogens with zero attached hydrogens (tertiary/aromatic N) is 1. The lowest BCUT2D eigenvalue weighted by Crippen LogP contribution is -2.39. The van der Waals surface area contributed by atoms with Crippen molar-refractivity contribution in [2.75, 3.05) is 26.2 Å². The molecule has 0 saturated carbocycles. The fourth-order valence-electron chi connectivity index (χ4n) is 2.43. The third-order valence-electron chi connectivity index (χ3n) is 3.82. The zero-order chi connectivity index (χ0) is 18.8. The van der Waals surface area contributed by atoms with Gasteiger partial charge in [0.05, 0.1) is 0 Å². The van der Waals surface area contributed by atoms with Gasteiger partial charge in [-0.1, -0.05) is 41.9 Å². The first-order chi connectivity index (χ1) is 12.5. The Morgan fingerprint density at radius 1 is 1.08 bits per heavy atom. The predicted molar refractivity (Wildman–Crippen MR) is 102 cm³/mol. The van der Waals surface area contributed by atoms with Gasteiger partial charge in [-0.2, -0.15) is 0 Å². The van der Waals surface area contributed by atoms with Crippen molar-refractivity contribution in [3.05, 3.63) is 65.2 Å². The van der Waals surface area contributed by atoms with Crippen molar-refractivity contribution in [2.45, 2.75) is 13.3 Å². The molecule has 6 heteroatoms. The number of carbonyl (C=O) groups excluding carboxylic acids is 2. The van der Waals surface area contributed by atoms with Crippen LogP contribution in [0.5, 0.6) is 5.75 Å². The van der Waals surface area contributed by atoms with Crippen LogP contribution in [0.2, 0.25) is 5.02 Å². The first-order valence-corrected chi connectivity index (χ1v) is 8.87. The molecule has 0 aliphatic rings. The van der Waals surface area contributed by atoms with E-state index in [0.29, 0.717) is 36.8 Å². The molecule has 0 aliphatic heterocycles. The van der Waals surface area contributed by atoms with Crippen molar-refractivity contribution < 1.29 is 14.3 Å². The van der Waals surface area contributed by atoms with E-state index in [4.69, 9.17) is 16.3 Å². The molecule has 0 heterocycles. The molecule has 1 N–H and O–H groups in total. The summed E-state index contributed by atoms with van der Waals surface area (Å²) in [6.45, 7) is 2.88. The monoisotopic (exact) mass is 374 g/mol. The minimum Gasteiger partial charge on any atom is -0.484 e. The Morgan fingerprint density at radius 3 is 2.54 bits per heavy atom. The number of hydrogen-bond acceptors (Lipinski definition) is 3. The molecule has 2 amide bonds. The third-order valence-corrected chi connectivity index (χ3v) is 4.06. The van der Waals surface area contributed by atoms with Gasteiger partial charge in [-0.25, -0.2) is 0 Å². The van der Waals surface area contributed by atoms with Gasteiger partial charge in [0.25, 0.3) is 5.91 Å². The van der Waals surface area contributed by atoms with Crippen LogP contribution >= 0.6 is 11.6 Å². The van der Waals surface area contributed by atoms with E-state index in [9.17, 15) is 9.59 Å². The molecule has 2 rings (SSSR count). The van der Waals surface area contributed by atoms with Gasteiger partial charge < -0.3 is 15.0 Å². The van der Waals surface area contributed by atoms with Crippen LogP contribution in [0.4, 0.5) is 0 Å². The van der Waals surface area contributed by atoms with Gasteiger partial charge in [0.1, 0.15) is 5.75 Å². The number of nitrogens with one attached hydrogen (secondary N) is 1. The average Bonchev–Trinajstić information content (AvgIpc) is 2.63. The Balaban J connectivity index is 1.70. The summed E-state index contributed by atoms with van der Waals surface area (Å²) in [5.41, 5.74) is 1.07. The van der Waals surface area contributed by atoms with Crippen LogP contribution in [0.1, 0.15) is 12.5 Å². The summed E-state index contributed by atoms with van der Waals surface area (Å²) in [4.78, 5) is 25.3. The van der Waals surface area contributed by atoms with E-state index >= 15 is 0 Å². The number of rotatable bonds is 9. The molecule has 2 aromatic rings. The summed E-state index contributed by atoms with van der Waals surface area (Å²) in [6.07, 6.45) is 0.713. The summed E-state index contributed by atoms with van der Waals surface area (Å²) in [6, 6.07) is 16.7. The van der Waals surface area contributed by atoms with E-state index in [1.165, 1.54) is 6.92 Å². The van der Waals surface area contributed by atoms with Gasteiger partial charge >= 0.3 is 0 Å². The maximum Gasteiger partial charge on any atom is 0.258 e. The zero-order valence-corrected chi connectivity index (χ0v) is 15.5. The molecule has 0 atom stereocenters. The van der Waals surface area contributed by atoms with E-state index in [1.807, 2.05) is 42.5 Å². The van der Waals surface area contributed by atoms with Crippen LogP contribution in [-0.4, -0.2) is 43.0 Å². The van der Waals surface area contributed by atoms with Gasteiger partial charge in [-0.05, 0) is 36.2 Å². The number of para-hydroxylation sites is 1. The quantitative estimate of drug-likeness (QED) is 0.734. The van der Waals surface area contributed by atoms with Crippen molar-refractivity contribution >= 4 is 23.4 Å². The van der Waals surface area contributed by atoms with Crippen molar-refractivity contribution in [1.82, 2.24) is 10.2 Å². The number of benzene rings is 2. The summed E-state index contributed by atoms with van der Waals surface area (Å²) >= 11 is 5.98. The second-order valence-electron chi connectivity index (χ2n) is 5.84. The average molecular weight is 375 g/mol. The second kappa shape index (κ2) is 10.5. The first-order valence-electron chi connectivity index (χ1n) is 8.49. The van der Waals surface area contributed by atoms with Crippen LogP contribution in [0.15, 0.2) is 54.6 Å². The summed E-state index contributed by atoms with van der Waals surface area (Å²) in [5, 5.41) is 3.45. The normalized spacial score (nSPS) is 10.2. The SMILES string of the molecule is CC(=O)N(CCNC(=O)COc1ccccc1)CCc1cccc(Cl)c1. The minimum absolute atomic E-state index is 0.0261. The second-order valence-corrected chi connectivity index (χ2v) is 6.27. The van der Waals surface area contributed by atoms with E-state index in [1.54, 1.807) is 17.0 Å². The highest BCUT2D eigenvalue weighted by Gasteiger charge is 2.10. The number of amides is 2. The Morgan fingerprint density at radius 2 is 1.85 bits per heavy atom. The Kier molecular flexibility index (Phi) is 7.96. The summed E-state index contributed by atoms with van der Waals surface area (Å²) < 4.78 is 5.38. The molecule has 0 fully saturated rings. The number of ether oxygens (including phenoxy) is 1. The van der Waals surface area contributed by atoms with Gasteiger partial charge in [-0.15, -0.1) is 0 Å². The standard InChI is InChI=1S/C20H23ClN2O3/c1-16(24)23(12-10-17-6-5-7-18(21)14-17)13-11-22-20(25)15-26-19-8-3-2-4-9-19/h2-9,14H,10-13,15H2,1H3,(H,22,25). The molecule has 0 aromatic heterocycles. The Hall–Kier alpha value is -2.53. The molecule has 0 aliphatic carbocycles. The maximum absolute atomic E-state index is 11.8. The smallest absolute Gasteiger partial charge is 0.258 e. The maximum atomic E-state index is 11.8. The molecule has 0 unspecified atom stereocenters. The fraction of sp³-hybridized carbons (Fsp3) is 0.300. The fourth-order valence-corrected chi connectivity index (χ4v) is 2.64. The van der Waals surface area contributed by atoms with Crippen molar-refractivity contribution in [2.24, 2.45) is 0 Å². The van der Waals surface area contributed by atoms with Crippen molar-refractivity contribution in [3.8, 4) is 5.75 Å². The van der Waals surface area contributed by atoms with E-state index in [-0.39, 0.29) is 18.4 Å². The number of carbonyl (C=O) groups is 2. The topological polar surface area (TPSA) is 58.6 Å².